The van der Waals surface area contributed by atoms with E-state index in [1.165, 1.54) is 6.07 Å². The monoisotopic (exact) mass is 366 g/mol. The molecule has 0 amide bonds. The first-order chi connectivity index (χ1) is 12.4. The molecule has 1 saturated heterocycles. The van der Waals surface area contributed by atoms with Crippen molar-refractivity contribution in [2.75, 3.05) is 31.1 Å². The Labute approximate surface area is 146 Å². The maximum Gasteiger partial charge on any atom is 0.453 e. The summed E-state index contributed by atoms with van der Waals surface area (Å²) in [5.41, 5.74) is 1.20. The fourth-order valence-corrected chi connectivity index (χ4v) is 3.03. The maximum atomic E-state index is 13.0. The van der Waals surface area contributed by atoms with Crippen LogP contribution in [0.4, 0.5) is 19.0 Å². The van der Waals surface area contributed by atoms with Crippen molar-refractivity contribution in [2.45, 2.75) is 12.7 Å². The zero-order chi connectivity index (χ0) is 18.3. The lowest BCUT2D eigenvalue weighted by atomic mass is 10.3. The van der Waals surface area contributed by atoms with Gasteiger partial charge in [-0.15, -0.1) is 15.3 Å². The van der Waals surface area contributed by atoms with Crippen molar-refractivity contribution < 1.29 is 13.2 Å². The van der Waals surface area contributed by atoms with Crippen LogP contribution in [-0.2, 0) is 19.8 Å². The smallest absolute Gasteiger partial charge is 0.353 e. The number of imidazole rings is 1. The first-order valence-electron chi connectivity index (χ1n) is 8.14. The van der Waals surface area contributed by atoms with Crippen LogP contribution in [0.2, 0.25) is 0 Å². The van der Waals surface area contributed by atoms with Crippen LogP contribution >= 0.6 is 0 Å². The van der Waals surface area contributed by atoms with Crippen LogP contribution in [0.1, 0.15) is 11.5 Å². The van der Waals surface area contributed by atoms with E-state index in [1.54, 1.807) is 12.4 Å². The number of rotatable bonds is 3. The van der Waals surface area contributed by atoms with Gasteiger partial charge in [-0.1, -0.05) is 0 Å². The van der Waals surface area contributed by atoms with E-state index in [1.807, 2.05) is 22.7 Å². The van der Waals surface area contributed by atoms with Crippen molar-refractivity contribution in [2.24, 2.45) is 7.05 Å². The Hall–Kier alpha value is -2.69. The van der Waals surface area contributed by atoms with E-state index >= 15 is 0 Å². The van der Waals surface area contributed by atoms with Gasteiger partial charge in [-0.05, 0) is 12.1 Å². The zero-order valence-corrected chi connectivity index (χ0v) is 14.1. The number of hydrogen-bond donors (Lipinski definition) is 0. The highest BCUT2D eigenvalue weighted by molar-refractivity contribution is 5.46. The van der Waals surface area contributed by atoms with Gasteiger partial charge in [-0.25, -0.2) is 4.98 Å². The highest BCUT2D eigenvalue weighted by atomic mass is 19.4. The minimum Gasteiger partial charge on any atom is -0.353 e. The van der Waals surface area contributed by atoms with E-state index in [4.69, 9.17) is 0 Å². The van der Waals surface area contributed by atoms with Gasteiger partial charge >= 0.3 is 6.18 Å². The predicted molar refractivity (Wildman–Crippen MR) is 86.5 cm³/mol. The van der Waals surface area contributed by atoms with Gasteiger partial charge in [0.05, 0.1) is 12.0 Å². The molecule has 0 unspecified atom stereocenters. The lowest BCUT2D eigenvalue weighted by Crippen LogP contribution is -2.46. The van der Waals surface area contributed by atoms with E-state index in [0.29, 0.717) is 18.9 Å². The summed E-state index contributed by atoms with van der Waals surface area (Å²) in [5.74, 6) is -0.618. The van der Waals surface area contributed by atoms with E-state index in [-0.39, 0.29) is 5.65 Å². The van der Waals surface area contributed by atoms with Gasteiger partial charge in [-0.3, -0.25) is 4.90 Å². The third kappa shape index (κ3) is 3.09. The number of halogens is 3. The molecule has 1 aliphatic rings. The quantitative estimate of drug-likeness (QED) is 0.694. The fourth-order valence-electron chi connectivity index (χ4n) is 3.03. The predicted octanol–water partition coefficient (Wildman–Crippen LogP) is 1.20. The highest BCUT2D eigenvalue weighted by Crippen LogP contribution is 2.28. The van der Waals surface area contributed by atoms with E-state index in [0.717, 1.165) is 29.8 Å². The summed E-state index contributed by atoms with van der Waals surface area (Å²) < 4.78 is 41.7. The molecular formula is C15H17F3N8. The number of hydrogen-bond acceptors (Lipinski definition) is 6. The standard InChI is InChI=1S/C15H17F3N8/c1-23-10-19-8-11(23)9-24-4-6-25(7-5-24)13-3-2-12-20-21-14(15(16,17)18)26(12)22-13/h2-3,8,10H,4-7,9H2,1H3. The lowest BCUT2D eigenvalue weighted by molar-refractivity contribution is -0.146. The molecule has 0 aliphatic carbocycles. The van der Waals surface area contributed by atoms with Crippen LogP contribution < -0.4 is 4.90 Å². The van der Waals surface area contributed by atoms with Gasteiger partial charge < -0.3 is 9.47 Å². The second-order valence-corrected chi connectivity index (χ2v) is 6.24. The van der Waals surface area contributed by atoms with Gasteiger partial charge in [0, 0.05) is 46.0 Å². The van der Waals surface area contributed by atoms with Crippen LogP contribution in [-0.4, -0.2) is 60.4 Å². The molecule has 4 rings (SSSR count). The normalized spacial score (nSPS) is 16.5. The Kier molecular flexibility index (Phi) is 4.02. The fraction of sp³-hybridized carbons (Fsp3) is 0.467. The molecule has 0 atom stereocenters. The Balaban J connectivity index is 1.48. The number of anilines is 1. The molecule has 1 aliphatic heterocycles. The van der Waals surface area contributed by atoms with Gasteiger partial charge in [0.1, 0.15) is 5.82 Å². The summed E-state index contributed by atoms with van der Waals surface area (Å²) in [6.07, 6.45) is -0.985. The Bertz CT molecular complexity index is 907. The number of nitrogens with zero attached hydrogens (tertiary/aromatic N) is 8. The molecule has 0 bridgehead atoms. The molecule has 26 heavy (non-hydrogen) atoms. The first-order valence-corrected chi connectivity index (χ1v) is 8.14. The molecule has 0 spiro atoms. The van der Waals surface area contributed by atoms with Crippen molar-refractivity contribution in [3.63, 3.8) is 0 Å². The van der Waals surface area contributed by atoms with Crippen molar-refractivity contribution in [3.05, 3.63) is 36.2 Å². The van der Waals surface area contributed by atoms with Crippen molar-refractivity contribution in [1.29, 1.82) is 0 Å². The number of aryl methyl sites for hydroxylation is 1. The summed E-state index contributed by atoms with van der Waals surface area (Å²) in [4.78, 5) is 8.37. The molecule has 4 heterocycles. The van der Waals surface area contributed by atoms with Crippen LogP contribution in [0.15, 0.2) is 24.7 Å². The Morgan fingerprint density at radius 3 is 2.50 bits per heavy atom. The minimum absolute atomic E-state index is 0.0796. The minimum atomic E-state index is -4.59. The molecule has 3 aromatic rings. The largest absolute Gasteiger partial charge is 0.453 e. The topological polar surface area (TPSA) is 67.4 Å². The average molecular weight is 366 g/mol. The highest BCUT2D eigenvalue weighted by Gasteiger charge is 2.37. The van der Waals surface area contributed by atoms with Gasteiger partial charge in [0.15, 0.2) is 5.65 Å². The number of fused-ring (bicyclic) bond motifs is 1. The van der Waals surface area contributed by atoms with Gasteiger partial charge in [-0.2, -0.15) is 17.7 Å². The van der Waals surface area contributed by atoms with E-state index < -0.39 is 12.0 Å². The second kappa shape index (κ2) is 6.24. The van der Waals surface area contributed by atoms with Crippen molar-refractivity contribution >= 4 is 11.5 Å². The van der Waals surface area contributed by atoms with Crippen LogP contribution in [0.25, 0.3) is 5.65 Å². The molecule has 3 aromatic heterocycles. The first kappa shape index (κ1) is 16.8. The Morgan fingerprint density at radius 1 is 1.08 bits per heavy atom. The second-order valence-electron chi connectivity index (χ2n) is 6.24. The van der Waals surface area contributed by atoms with E-state index in [9.17, 15) is 13.2 Å². The summed E-state index contributed by atoms with van der Waals surface area (Å²) in [6.45, 7) is 3.73. The van der Waals surface area contributed by atoms with Crippen LogP contribution in [0.5, 0.6) is 0 Å². The Morgan fingerprint density at radius 2 is 1.85 bits per heavy atom. The molecule has 8 nitrogen and oxygen atoms in total. The molecule has 0 saturated carbocycles. The third-order valence-electron chi connectivity index (χ3n) is 4.50. The van der Waals surface area contributed by atoms with Crippen molar-refractivity contribution in [3.8, 4) is 0 Å². The summed E-state index contributed by atoms with van der Waals surface area (Å²) >= 11 is 0. The molecule has 138 valence electrons. The molecule has 1 fully saturated rings. The molecular weight excluding hydrogens is 349 g/mol. The van der Waals surface area contributed by atoms with Crippen LogP contribution in [0, 0.1) is 0 Å². The molecule has 0 N–H and O–H groups in total. The van der Waals surface area contributed by atoms with E-state index in [2.05, 4.69) is 25.2 Å². The number of aromatic nitrogens is 6. The molecule has 11 heteroatoms. The van der Waals surface area contributed by atoms with Gasteiger partial charge in [0.25, 0.3) is 5.82 Å². The summed E-state index contributed by atoms with van der Waals surface area (Å²) in [5, 5.41) is 10.8. The van der Waals surface area contributed by atoms with Crippen molar-refractivity contribution in [1.82, 2.24) is 34.3 Å². The lowest BCUT2D eigenvalue weighted by Gasteiger charge is -2.35. The zero-order valence-electron chi connectivity index (χ0n) is 14.1. The average Bonchev–Trinajstić information content (AvgIpc) is 3.21. The number of piperazine rings is 1. The van der Waals surface area contributed by atoms with Gasteiger partial charge in [0.2, 0.25) is 0 Å². The maximum absolute atomic E-state index is 13.0. The van der Waals surface area contributed by atoms with Crippen LogP contribution in [0.3, 0.4) is 0 Å². The third-order valence-corrected chi connectivity index (χ3v) is 4.50. The summed E-state index contributed by atoms with van der Waals surface area (Å²) in [6, 6.07) is 3.19. The SMILES string of the molecule is Cn1cncc1CN1CCN(c2ccc3nnc(C(F)(F)F)n3n2)CC1. The molecule has 0 aromatic carbocycles. The molecule has 0 radical (unpaired) electrons. The summed E-state index contributed by atoms with van der Waals surface area (Å²) in [7, 11) is 1.95. The number of alkyl halides is 3.